The predicted molar refractivity (Wildman–Crippen MR) is 64.0 cm³/mol. The van der Waals surface area contributed by atoms with Gasteiger partial charge >= 0.3 is 0 Å². The SMILES string of the molecule is C=C1C[C@H]2COc3c(CC)ccnc3N2C1. The second-order valence-electron chi connectivity index (χ2n) is 4.52. The quantitative estimate of drug-likeness (QED) is 0.673. The van der Waals surface area contributed by atoms with Gasteiger partial charge in [-0.25, -0.2) is 4.98 Å². The number of pyridine rings is 1. The molecule has 2 aliphatic heterocycles. The van der Waals surface area contributed by atoms with E-state index in [0.717, 1.165) is 37.6 Å². The van der Waals surface area contributed by atoms with Crippen molar-refractivity contribution in [1.29, 1.82) is 0 Å². The molecule has 1 aromatic heterocycles. The van der Waals surface area contributed by atoms with Gasteiger partial charge in [0, 0.05) is 12.7 Å². The van der Waals surface area contributed by atoms with Crippen LogP contribution in [0.25, 0.3) is 0 Å². The Kier molecular flexibility index (Phi) is 2.13. The third-order valence-electron chi connectivity index (χ3n) is 3.40. The highest BCUT2D eigenvalue weighted by molar-refractivity contribution is 5.60. The van der Waals surface area contributed by atoms with Gasteiger partial charge in [-0.15, -0.1) is 0 Å². The number of nitrogens with zero attached hydrogens (tertiary/aromatic N) is 2. The standard InChI is InChI=1S/C13H16N2O/c1-3-10-4-5-14-13-12(10)16-8-11-6-9(2)7-15(11)13/h4-5,11H,2-3,6-8H2,1H3/t11-/m0/s1. The van der Waals surface area contributed by atoms with E-state index >= 15 is 0 Å². The molecule has 3 heterocycles. The first kappa shape index (κ1) is 9.70. The van der Waals surface area contributed by atoms with E-state index < -0.39 is 0 Å². The summed E-state index contributed by atoms with van der Waals surface area (Å²) in [6.45, 7) is 7.92. The Balaban J connectivity index is 2.06. The molecule has 16 heavy (non-hydrogen) atoms. The molecule has 0 bridgehead atoms. The molecule has 3 nitrogen and oxygen atoms in total. The average Bonchev–Trinajstić information content (AvgIpc) is 2.69. The summed E-state index contributed by atoms with van der Waals surface area (Å²) in [6.07, 6.45) is 3.91. The van der Waals surface area contributed by atoms with Crippen molar-refractivity contribution in [2.24, 2.45) is 0 Å². The number of hydrogen-bond donors (Lipinski definition) is 0. The largest absolute Gasteiger partial charge is 0.487 e. The van der Waals surface area contributed by atoms with Crippen LogP contribution in [0.2, 0.25) is 0 Å². The Hall–Kier alpha value is -1.51. The molecule has 3 rings (SSSR count). The van der Waals surface area contributed by atoms with E-state index in [1.54, 1.807) is 0 Å². The number of fused-ring (bicyclic) bond motifs is 3. The van der Waals surface area contributed by atoms with Crippen LogP contribution in [-0.4, -0.2) is 24.2 Å². The van der Waals surface area contributed by atoms with Crippen molar-refractivity contribution in [2.75, 3.05) is 18.1 Å². The molecular formula is C13H16N2O. The van der Waals surface area contributed by atoms with Gasteiger partial charge in [-0.1, -0.05) is 19.1 Å². The fraction of sp³-hybridized carbons (Fsp3) is 0.462. The van der Waals surface area contributed by atoms with Crippen LogP contribution < -0.4 is 9.64 Å². The number of ether oxygens (including phenoxy) is 1. The maximum Gasteiger partial charge on any atom is 0.172 e. The zero-order valence-corrected chi connectivity index (χ0v) is 9.57. The third-order valence-corrected chi connectivity index (χ3v) is 3.40. The Morgan fingerprint density at radius 3 is 3.31 bits per heavy atom. The van der Waals surface area contributed by atoms with Crippen molar-refractivity contribution in [3.05, 3.63) is 30.0 Å². The molecule has 0 aliphatic carbocycles. The maximum atomic E-state index is 5.86. The third kappa shape index (κ3) is 1.31. The molecule has 1 saturated heterocycles. The van der Waals surface area contributed by atoms with Gasteiger partial charge in [-0.05, 0) is 24.5 Å². The zero-order valence-electron chi connectivity index (χ0n) is 9.57. The van der Waals surface area contributed by atoms with E-state index in [1.165, 1.54) is 11.1 Å². The lowest BCUT2D eigenvalue weighted by Crippen LogP contribution is -2.39. The van der Waals surface area contributed by atoms with Crippen LogP contribution >= 0.6 is 0 Å². The molecule has 0 saturated carbocycles. The number of anilines is 1. The molecular weight excluding hydrogens is 200 g/mol. The van der Waals surface area contributed by atoms with Crippen LogP contribution in [0.4, 0.5) is 5.82 Å². The molecule has 1 aromatic rings. The van der Waals surface area contributed by atoms with Gasteiger partial charge in [-0.2, -0.15) is 0 Å². The lowest BCUT2D eigenvalue weighted by Gasteiger charge is -2.32. The fourth-order valence-electron chi connectivity index (χ4n) is 2.57. The topological polar surface area (TPSA) is 25.4 Å². The molecule has 0 N–H and O–H groups in total. The van der Waals surface area contributed by atoms with Crippen LogP contribution in [0.5, 0.6) is 5.75 Å². The highest BCUT2D eigenvalue weighted by Crippen LogP contribution is 2.39. The molecule has 84 valence electrons. The Bertz CT molecular complexity index is 442. The van der Waals surface area contributed by atoms with Crippen molar-refractivity contribution in [3.8, 4) is 5.75 Å². The van der Waals surface area contributed by atoms with E-state index in [0.29, 0.717) is 6.04 Å². The van der Waals surface area contributed by atoms with Gasteiger partial charge in [0.05, 0.1) is 6.04 Å². The average molecular weight is 216 g/mol. The van der Waals surface area contributed by atoms with E-state index in [-0.39, 0.29) is 0 Å². The highest BCUT2D eigenvalue weighted by atomic mass is 16.5. The van der Waals surface area contributed by atoms with Crippen molar-refractivity contribution in [3.63, 3.8) is 0 Å². The normalized spacial score (nSPS) is 22.7. The van der Waals surface area contributed by atoms with E-state index in [9.17, 15) is 0 Å². The smallest absolute Gasteiger partial charge is 0.172 e. The van der Waals surface area contributed by atoms with E-state index in [4.69, 9.17) is 4.74 Å². The number of rotatable bonds is 1. The van der Waals surface area contributed by atoms with Crippen LogP contribution in [0.3, 0.4) is 0 Å². The van der Waals surface area contributed by atoms with Crippen LogP contribution in [0.1, 0.15) is 18.9 Å². The summed E-state index contributed by atoms with van der Waals surface area (Å²) in [5.41, 5.74) is 2.53. The van der Waals surface area contributed by atoms with Crippen molar-refractivity contribution >= 4 is 5.82 Å². The second-order valence-corrected chi connectivity index (χ2v) is 4.52. The molecule has 0 unspecified atom stereocenters. The predicted octanol–water partition coefficient (Wildman–Crippen LogP) is 2.17. The molecule has 0 aromatic carbocycles. The van der Waals surface area contributed by atoms with Crippen LogP contribution in [0.15, 0.2) is 24.4 Å². The molecule has 0 radical (unpaired) electrons. The van der Waals surface area contributed by atoms with Crippen LogP contribution in [0, 0.1) is 0 Å². The van der Waals surface area contributed by atoms with Gasteiger partial charge in [0.15, 0.2) is 11.6 Å². The van der Waals surface area contributed by atoms with Crippen molar-refractivity contribution < 1.29 is 4.74 Å². The van der Waals surface area contributed by atoms with Crippen LogP contribution in [-0.2, 0) is 6.42 Å². The molecule has 0 spiro atoms. The van der Waals surface area contributed by atoms with Gasteiger partial charge < -0.3 is 9.64 Å². The summed E-state index contributed by atoms with van der Waals surface area (Å²) in [6, 6.07) is 2.49. The molecule has 0 amide bonds. The van der Waals surface area contributed by atoms with Gasteiger partial charge in [0.25, 0.3) is 0 Å². The van der Waals surface area contributed by atoms with E-state index in [1.807, 2.05) is 12.3 Å². The minimum Gasteiger partial charge on any atom is -0.487 e. The minimum absolute atomic E-state index is 0.444. The van der Waals surface area contributed by atoms with Crippen molar-refractivity contribution in [1.82, 2.24) is 4.98 Å². The summed E-state index contributed by atoms with van der Waals surface area (Å²) < 4.78 is 5.86. The summed E-state index contributed by atoms with van der Waals surface area (Å²) in [5, 5.41) is 0. The fourth-order valence-corrected chi connectivity index (χ4v) is 2.57. The summed E-state index contributed by atoms with van der Waals surface area (Å²) >= 11 is 0. The second kappa shape index (κ2) is 3.51. The number of aromatic nitrogens is 1. The first-order valence-corrected chi connectivity index (χ1v) is 5.83. The Morgan fingerprint density at radius 1 is 1.62 bits per heavy atom. The lowest BCUT2D eigenvalue weighted by molar-refractivity contribution is 0.268. The molecule has 2 aliphatic rings. The minimum atomic E-state index is 0.444. The first-order chi connectivity index (χ1) is 7.79. The van der Waals surface area contributed by atoms with Gasteiger partial charge in [-0.3, -0.25) is 0 Å². The number of aryl methyl sites for hydroxylation is 1. The first-order valence-electron chi connectivity index (χ1n) is 5.83. The van der Waals surface area contributed by atoms with Gasteiger partial charge in [0.1, 0.15) is 6.61 Å². The molecule has 1 fully saturated rings. The Morgan fingerprint density at radius 2 is 2.50 bits per heavy atom. The summed E-state index contributed by atoms with van der Waals surface area (Å²) in [5.74, 6) is 1.99. The monoisotopic (exact) mass is 216 g/mol. The summed E-state index contributed by atoms with van der Waals surface area (Å²) in [7, 11) is 0. The number of hydrogen-bond acceptors (Lipinski definition) is 3. The highest BCUT2D eigenvalue weighted by Gasteiger charge is 2.34. The van der Waals surface area contributed by atoms with E-state index in [2.05, 4.69) is 23.4 Å². The lowest BCUT2D eigenvalue weighted by atomic mass is 10.1. The molecule has 1 atom stereocenters. The van der Waals surface area contributed by atoms with Gasteiger partial charge in [0.2, 0.25) is 0 Å². The molecule has 3 heteroatoms. The Labute approximate surface area is 95.7 Å². The maximum absolute atomic E-state index is 5.86. The summed E-state index contributed by atoms with van der Waals surface area (Å²) in [4.78, 5) is 6.80. The zero-order chi connectivity index (χ0) is 11.1. The van der Waals surface area contributed by atoms with Crippen molar-refractivity contribution in [2.45, 2.75) is 25.8 Å².